The molecule has 1 amide bonds. The number of rotatable bonds is 8. The largest absolute Gasteiger partial charge is 0.469 e. The molecule has 0 atom stereocenters. The summed E-state index contributed by atoms with van der Waals surface area (Å²) in [5.41, 5.74) is 0.982. The molecule has 0 aliphatic carbocycles. The molecule has 0 saturated heterocycles. The van der Waals surface area contributed by atoms with Crippen molar-refractivity contribution in [2.24, 2.45) is 0 Å². The van der Waals surface area contributed by atoms with Crippen LogP contribution in [0, 0.1) is 0 Å². The minimum atomic E-state index is -0.294. The normalized spacial score (nSPS) is 10.5. The number of hydrogen-bond donors (Lipinski definition) is 0. The smallest absolute Gasteiger partial charge is 0.307 e. The minimum absolute atomic E-state index is 0.0342. The Hall–Kier alpha value is -1.88. The van der Waals surface area contributed by atoms with Gasteiger partial charge in [0.15, 0.2) is 0 Å². The molecule has 0 N–H and O–H groups in total. The molecule has 116 valence electrons. The standard InChI is InChI=1S/C16H24N2O3/c1-17(2)11-12-18(10-9-16(20)21-3)15(19)13-14-7-5-4-6-8-14/h4-8H,9-13H2,1-3H3. The average molecular weight is 292 g/mol. The van der Waals surface area contributed by atoms with Crippen LogP contribution in [0.3, 0.4) is 0 Å². The van der Waals surface area contributed by atoms with E-state index >= 15 is 0 Å². The third kappa shape index (κ3) is 6.90. The molecule has 21 heavy (non-hydrogen) atoms. The van der Waals surface area contributed by atoms with E-state index in [1.807, 2.05) is 49.3 Å². The van der Waals surface area contributed by atoms with Crippen LogP contribution >= 0.6 is 0 Å². The average Bonchev–Trinajstić information content (AvgIpc) is 2.47. The lowest BCUT2D eigenvalue weighted by atomic mass is 10.1. The van der Waals surface area contributed by atoms with Crippen LogP contribution in [0.2, 0.25) is 0 Å². The Morgan fingerprint density at radius 3 is 2.29 bits per heavy atom. The number of ether oxygens (including phenoxy) is 1. The molecule has 0 aliphatic rings. The summed E-state index contributed by atoms with van der Waals surface area (Å²) < 4.78 is 4.64. The van der Waals surface area contributed by atoms with Crippen molar-refractivity contribution < 1.29 is 14.3 Å². The fourth-order valence-corrected chi connectivity index (χ4v) is 1.89. The summed E-state index contributed by atoms with van der Waals surface area (Å²) in [7, 11) is 5.28. The zero-order valence-corrected chi connectivity index (χ0v) is 13.0. The van der Waals surface area contributed by atoms with Crippen LogP contribution in [0.5, 0.6) is 0 Å². The Morgan fingerprint density at radius 1 is 1.05 bits per heavy atom. The van der Waals surface area contributed by atoms with E-state index in [0.29, 0.717) is 19.5 Å². The molecule has 0 fully saturated rings. The lowest BCUT2D eigenvalue weighted by Gasteiger charge is -2.24. The Balaban J connectivity index is 2.60. The van der Waals surface area contributed by atoms with E-state index in [0.717, 1.165) is 12.1 Å². The number of amides is 1. The van der Waals surface area contributed by atoms with E-state index in [1.54, 1.807) is 4.90 Å². The molecule has 0 aromatic heterocycles. The van der Waals surface area contributed by atoms with Gasteiger partial charge >= 0.3 is 5.97 Å². The molecular formula is C16H24N2O3. The maximum absolute atomic E-state index is 12.4. The van der Waals surface area contributed by atoms with E-state index in [4.69, 9.17) is 0 Å². The summed E-state index contributed by atoms with van der Waals surface area (Å²) in [6, 6.07) is 9.63. The second kappa shape index (κ2) is 9.13. The van der Waals surface area contributed by atoms with Crippen molar-refractivity contribution in [1.29, 1.82) is 0 Å². The fraction of sp³-hybridized carbons (Fsp3) is 0.500. The van der Waals surface area contributed by atoms with Gasteiger partial charge in [0, 0.05) is 19.6 Å². The third-order valence-electron chi connectivity index (χ3n) is 3.18. The molecule has 0 saturated carbocycles. The summed E-state index contributed by atoms with van der Waals surface area (Å²) in [5.74, 6) is -0.260. The molecule has 0 bridgehead atoms. The number of likely N-dealkylation sites (N-methyl/N-ethyl adjacent to an activating group) is 1. The highest BCUT2D eigenvalue weighted by molar-refractivity contribution is 5.79. The number of carbonyl (C=O) groups excluding carboxylic acids is 2. The molecular weight excluding hydrogens is 268 g/mol. The van der Waals surface area contributed by atoms with Crippen LogP contribution in [0.1, 0.15) is 12.0 Å². The molecule has 0 unspecified atom stereocenters. The van der Waals surface area contributed by atoms with Crippen LogP contribution in [0.15, 0.2) is 30.3 Å². The summed E-state index contributed by atoms with van der Waals surface area (Å²) in [6.07, 6.45) is 0.583. The van der Waals surface area contributed by atoms with Crippen molar-refractivity contribution in [1.82, 2.24) is 9.80 Å². The summed E-state index contributed by atoms with van der Waals surface area (Å²) in [5, 5.41) is 0. The quantitative estimate of drug-likeness (QED) is 0.675. The van der Waals surface area contributed by atoms with Gasteiger partial charge in [-0.05, 0) is 19.7 Å². The van der Waals surface area contributed by atoms with E-state index < -0.39 is 0 Å². The Bertz CT molecular complexity index is 446. The highest BCUT2D eigenvalue weighted by Gasteiger charge is 2.15. The first-order valence-corrected chi connectivity index (χ1v) is 7.06. The Kier molecular flexibility index (Phi) is 7.46. The van der Waals surface area contributed by atoms with Crippen molar-refractivity contribution >= 4 is 11.9 Å². The first-order valence-electron chi connectivity index (χ1n) is 7.06. The van der Waals surface area contributed by atoms with Gasteiger partial charge in [0.2, 0.25) is 5.91 Å². The van der Waals surface area contributed by atoms with E-state index in [2.05, 4.69) is 4.74 Å². The molecule has 1 aromatic rings. The molecule has 0 aliphatic heterocycles. The number of esters is 1. The van der Waals surface area contributed by atoms with Crippen LogP contribution in [0.4, 0.5) is 0 Å². The van der Waals surface area contributed by atoms with Crippen LogP contribution in [-0.2, 0) is 20.7 Å². The zero-order valence-electron chi connectivity index (χ0n) is 13.0. The van der Waals surface area contributed by atoms with Gasteiger partial charge in [-0.15, -0.1) is 0 Å². The van der Waals surface area contributed by atoms with E-state index in [-0.39, 0.29) is 18.3 Å². The first kappa shape index (κ1) is 17.2. The second-order valence-electron chi connectivity index (χ2n) is 5.17. The maximum atomic E-state index is 12.4. The van der Waals surface area contributed by atoms with Crippen molar-refractivity contribution in [3.05, 3.63) is 35.9 Å². The molecule has 0 spiro atoms. The van der Waals surface area contributed by atoms with Crippen LogP contribution in [0.25, 0.3) is 0 Å². The predicted octanol–water partition coefficient (Wildman–Crippen LogP) is 1.18. The van der Waals surface area contributed by atoms with Crippen molar-refractivity contribution in [2.45, 2.75) is 12.8 Å². The number of hydrogen-bond acceptors (Lipinski definition) is 4. The molecule has 0 heterocycles. The van der Waals surface area contributed by atoms with Crippen molar-refractivity contribution in [3.8, 4) is 0 Å². The van der Waals surface area contributed by atoms with Gasteiger partial charge in [0.05, 0.1) is 20.0 Å². The van der Waals surface area contributed by atoms with Crippen LogP contribution in [-0.4, -0.2) is 62.5 Å². The summed E-state index contributed by atoms with van der Waals surface area (Å²) in [6.45, 7) is 1.77. The lowest BCUT2D eigenvalue weighted by molar-refractivity contribution is -0.141. The van der Waals surface area contributed by atoms with Gasteiger partial charge in [-0.1, -0.05) is 30.3 Å². The minimum Gasteiger partial charge on any atom is -0.469 e. The number of benzene rings is 1. The number of methoxy groups -OCH3 is 1. The van der Waals surface area contributed by atoms with Crippen LogP contribution < -0.4 is 0 Å². The molecule has 1 rings (SSSR count). The Morgan fingerprint density at radius 2 is 1.71 bits per heavy atom. The second-order valence-corrected chi connectivity index (χ2v) is 5.17. The van der Waals surface area contributed by atoms with Gasteiger partial charge in [0.25, 0.3) is 0 Å². The molecule has 1 aromatic carbocycles. The van der Waals surface area contributed by atoms with Gasteiger partial charge in [-0.3, -0.25) is 9.59 Å². The third-order valence-corrected chi connectivity index (χ3v) is 3.18. The molecule has 0 radical (unpaired) electrons. The molecule has 5 nitrogen and oxygen atoms in total. The predicted molar refractivity (Wildman–Crippen MR) is 81.9 cm³/mol. The molecule has 5 heteroatoms. The van der Waals surface area contributed by atoms with Crippen molar-refractivity contribution in [3.63, 3.8) is 0 Å². The summed E-state index contributed by atoms with van der Waals surface area (Å²) >= 11 is 0. The zero-order chi connectivity index (χ0) is 15.7. The maximum Gasteiger partial charge on any atom is 0.307 e. The highest BCUT2D eigenvalue weighted by atomic mass is 16.5. The topological polar surface area (TPSA) is 49.9 Å². The monoisotopic (exact) mass is 292 g/mol. The SMILES string of the molecule is COC(=O)CCN(CCN(C)C)C(=O)Cc1ccccc1. The van der Waals surface area contributed by atoms with Gasteiger partial charge in [0.1, 0.15) is 0 Å². The highest BCUT2D eigenvalue weighted by Crippen LogP contribution is 2.04. The van der Waals surface area contributed by atoms with Gasteiger partial charge in [-0.25, -0.2) is 0 Å². The Labute approximate surface area is 126 Å². The summed E-state index contributed by atoms with van der Waals surface area (Å²) in [4.78, 5) is 27.4. The van der Waals surface area contributed by atoms with E-state index in [1.165, 1.54) is 7.11 Å². The number of carbonyl (C=O) groups is 2. The first-order chi connectivity index (χ1) is 10.0. The van der Waals surface area contributed by atoms with Gasteiger partial charge < -0.3 is 14.5 Å². The van der Waals surface area contributed by atoms with Gasteiger partial charge in [-0.2, -0.15) is 0 Å². The lowest BCUT2D eigenvalue weighted by Crippen LogP contribution is -2.39. The number of nitrogens with zero attached hydrogens (tertiary/aromatic N) is 2. The fourth-order valence-electron chi connectivity index (χ4n) is 1.89. The van der Waals surface area contributed by atoms with E-state index in [9.17, 15) is 9.59 Å². The van der Waals surface area contributed by atoms with Crippen molar-refractivity contribution in [2.75, 3.05) is 40.8 Å².